The van der Waals surface area contributed by atoms with Crippen LogP contribution in [0, 0.1) is 0 Å². The van der Waals surface area contributed by atoms with Crippen LogP contribution in [0.15, 0.2) is 12.2 Å². The number of methoxy groups -OCH3 is 1. The second-order valence-electron chi connectivity index (χ2n) is 4.74. The lowest BCUT2D eigenvalue weighted by molar-refractivity contribution is 0.0253. The number of amides is 1. The highest BCUT2D eigenvalue weighted by Crippen LogP contribution is 2.19. The van der Waals surface area contributed by atoms with Crippen LogP contribution >= 0.6 is 0 Å². The Hall–Kier alpha value is -1.03. The van der Waals surface area contributed by atoms with E-state index < -0.39 is 5.60 Å². The van der Waals surface area contributed by atoms with Crippen LogP contribution in [0.3, 0.4) is 0 Å². The van der Waals surface area contributed by atoms with Gasteiger partial charge in [0.15, 0.2) is 0 Å². The Morgan fingerprint density at radius 1 is 1.53 bits per heavy atom. The van der Waals surface area contributed by atoms with Crippen molar-refractivity contribution in [1.82, 2.24) is 4.90 Å². The maximum Gasteiger partial charge on any atom is 0.410 e. The van der Waals surface area contributed by atoms with Gasteiger partial charge in [-0.2, -0.15) is 0 Å². The fourth-order valence-corrected chi connectivity index (χ4v) is 1.45. The van der Waals surface area contributed by atoms with Gasteiger partial charge in [0.1, 0.15) is 5.60 Å². The first-order valence-corrected chi connectivity index (χ1v) is 5.02. The van der Waals surface area contributed by atoms with E-state index >= 15 is 0 Å². The number of likely N-dealkylation sites (tertiary alicyclic amines) is 1. The van der Waals surface area contributed by atoms with Crippen molar-refractivity contribution < 1.29 is 14.3 Å². The van der Waals surface area contributed by atoms with Crippen LogP contribution in [0.2, 0.25) is 0 Å². The van der Waals surface area contributed by atoms with Gasteiger partial charge in [0.25, 0.3) is 0 Å². The van der Waals surface area contributed by atoms with Gasteiger partial charge in [-0.15, -0.1) is 0 Å². The molecule has 1 fully saturated rings. The first-order valence-electron chi connectivity index (χ1n) is 5.02. The van der Waals surface area contributed by atoms with Gasteiger partial charge in [-0.05, 0) is 26.3 Å². The fraction of sp³-hybridized carbons (Fsp3) is 0.727. The highest BCUT2D eigenvalue weighted by molar-refractivity contribution is 5.69. The second kappa shape index (κ2) is 4.23. The molecular weight excluding hydrogens is 194 g/mol. The third kappa shape index (κ3) is 3.23. The zero-order valence-corrected chi connectivity index (χ0v) is 9.87. The number of carbonyl (C=O) groups excluding carboxylic acids is 1. The molecule has 4 heteroatoms. The Bertz CT molecular complexity index is 267. The molecule has 1 heterocycles. The summed E-state index contributed by atoms with van der Waals surface area (Å²) in [6.45, 7) is 10.5. The molecule has 1 rings (SSSR count). The van der Waals surface area contributed by atoms with E-state index in [1.54, 1.807) is 12.0 Å². The number of rotatable bonds is 1. The topological polar surface area (TPSA) is 38.8 Å². The first-order chi connectivity index (χ1) is 6.83. The van der Waals surface area contributed by atoms with Crippen LogP contribution < -0.4 is 0 Å². The summed E-state index contributed by atoms with van der Waals surface area (Å²) < 4.78 is 10.4. The number of nitrogens with zero attached hydrogens (tertiary/aromatic N) is 1. The Labute approximate surface area is 90.8 Å². The average molecular weight is 213 g/mol. The standard InChI is InChI=1S/C11H19NO3/c1-8-6-12(7-9(8)14-5)10(13)15-11(2,3)4/h9H,1,6-7H2,2-5H3/t9-/m0/s1. The van der Waals surface area contributed by atoms with E-state index in [4.69, 9.17) is 9.47 Å². The molecule has 0 aliphatic carbocycles. The number of carbonyl (C=O) groups is 1. The zero-order chi connectivity index (χ0) is 11.6. The van der Waals surface area contributed by atoms with E-state index in [1.165, 1.54) is 0 Å². The summed E-state index contributed by atoms with van der Waals surface area (Å²) >= 11 is 0. The third-order valence-corrected chi connectivity index (χ3v) is 2.17. The Balaban J connectivity index is 2.53. The minimum Gasteiger partial charge on any atom is -0.444 e. The van der Waals surface area contributed by atoms with Crippen molar-refractivity contribution in [2.45, 2.75) is 32.5 Å². The summed E-state index contributed by atoms with van der Waals surface area (Å²) in [6.07, 6.45) is -0.360. The van der Waals surface area contributed by atoms with E-state index in [2.05, 4.69) is 6.58 Å². The summed E-state index contributed by atoms with van der Waals surface area (Å²) in [5, 5.41) is 0. The number of hydrogen-bond acceptors (Lipinski definition) is 3. The number of hydrogen-bond donors (Lipinski definition) is 0. The molecule has 0 N–H and O–H groups in total. The van der Waals surface area contributed by atoms with E-state index in [1.807, 2.05) is 20.8 Å². The molecule has 15 heavy (non-hydrogen) atoms. The van der Waals surface area contributed by atoms with Gasteiger partial charge in [0, 0.05) is 13.7 Å². The Morgan fingerprint density at radius 2 is 2.13 bits per heavy atom. The van der Waals surface area contributed by atoms with Gasteiger partial charge < -0.3 is 14.4 Å². The molecule has 1 saturated heterocycles. The summed E-state index contributed by atoms with van der Waals surface area (Å²) in [6, 6.07) is 0. The summed E-state index contributed by atoms with van der Waals surface area (Å²) in [5.41, 5.74) is 0.465. The zero-order valence-electron chi connectivity index (χ0n) is 9.87. The minimum absolute atomic E-state index is 0.0579. The Morgan fingerprint density at radius 3 is 2.53 bits per heavy atom. The average Bonchev–Trinajstić information content (AvgIpc) is 2.43. The van der Waals surface area contributed by atoms with Crippen LogP contribution in [0.4, 0.5) is 4.79 Å². The molecule has 0 aromatic rings. The van der Waals surface area contributed by atoms with Gasteiger partial charge in [0.05, 0.1) is 12.6 Å². The summed E-state index contributed by atoms with van der Waals surface area (Å²) in [7, 11) is 1.62. The molecule has 0 spiro atoms. The van der Waals surface area contributed by atoms with Crippen LogP contribution in [0.25, 0.3) is 0 Å². The maximum atomic E-state index is 11.7. The molecule has 0 bridgehead atoms. The summed E-state index contributed by atoms with van der Waals surface area (Å²) in [5.74, 6) is 0. The normalized spacial score (nSPS) is 22.0. The molecule has 0 aromatic carbocycles. The van der Waals surface area contributed by atoms with Crippen molar-refractivity contribution in [3.8, 4) is 0 Å². The van der Waals surface area contributed by atoms with Gasteiger partial charge in [-0.1, -0.05) is 6.58 Å². The molecular formula is C11H19NO3. The lowest BCUT2D eigenvalue weighted by atomic mass is 10.2. The first kappa shape index (κ1) is 12.0. The van der Waals surface area contributed by atoms with Gasteiger partial charge in [0.2, 0.25) is 0 Å². The third-order valence-electron chi connectivity index (χ3n) is 2.17. The SMILES string of the molecule is C=C1CN(C(=O)OC(C)(C)C)C[C@@H]1OC. The second-order valence-corrected chi connectivity index (χ2v) is 4.74. The van der Waals surface area contributed by atoms with Crippen LogP contribution in [0.5, 0.6) is 0 Å². The van der Waals surface area contributed by atoms with Crippen molar-refractivity contribution >= 4 is 6.09 Å². The molecule has 0 radical (unpaired) electrons. The van der Waals surface area contributed by atoms with Gasteiger partial charge >= 0.3 is 6.09 Å². The lowest BCUT2D eigenvalue weighted by Gasteiger charge is -2.24. The van der Waals surface area contributed by atoms with Crippen LogP contribution in [-0.2, 0) is 9.47 Å². The Kier molecular flexibility index (Phi) is 3.39. The molecule has 1 aliphatic heterocycles. The molecule has 0 saturated carbocycles. The smallest absolute Gasteiger partial charge is 0.410 e. The lowest BCUT2D eigenvalue weighted by Crippen LogP contribution is -2.35. The predicted octanol–water partition coefficient (Wildman–Crippen LogP) is 1.81. The maximum absolute atomic E-state index is 11.7. The molecule has 1 atom stereocenters. The molecule has 4 nitrogen and oxygen atoms in total. The van der Waals surface area contributed by atoms with Crippen LogP contribution in [-0.4, -0.2) is 42.9 Å². The monoisotopic (exact) mass is 213 g/mol. The van der Waals surface area contributed by atoms with Gasteiger partial charge in [-0.25, -0.2) is 4.79 Å². The van der Waals surface area contributed by atoms with Crippen molar-refractivity contribution in [2.75, 3.05) is 20.2 Å². The predicted molar refractivity (Wildman–Crippen MR) is 57.7 cm³/mol. The highest BCUT2D eigenvalue weighted by atomic mass is 16.6. The molecule has 86 valence electrons. The molecule has 0 aromatic heterocycles. The number of ether oxygens (including phenoxy) is 2. The van der Waals surface area contributed by atoms with E-state index in [0.29, 0.717) is 13.1 Å². The largest absolute Gasteiger partial charge is 0.444 e. The van der Waals surface area contributed by atoms with Gasteiger partial charge in [-0.3, -0.25) is 0 Å². The molecule has 1 aliphatic rings. The van der Waals surface area contributed by atoms with E-state index in [0.717, 1.165) is 5.57 Å². The molecule has 1 amide bonds. The van der Waals surface area contributed by atoms with Crippen molar-refractivity contribution in [2.24, 2.45) is 0 Å². The van der Waals surface area contributed by atoms with Crippen LogP contribution in [0.1, 0.15) is 20.8 Å². The van der Waals surface area contributed by atoms with Crippen molar-refractivity contribution in [1.29, 1.82) is 0 Å². The van der Waals surface area contributed by atoms with E-state index in [-0.39, 0.29) is 12.2 Å². The summed E-state index contributed by atoms with van der Waals surface area (Å²) in [4.78, 5) is 13.3. The fourth-order valence-electron chi connectivity index (χ4n) is 1.45. The van der Waals surface area contributed by atoms with Crippen molar-refractivity contribution in [3.05, 3.63) is 12.2 Å². The quantitative estimate of drug-likeness (QED) is 0.623. The molecule has 0 unspecified atom stereocenters. The minimum atomic E-state index is -0.455. The van der Waals surface area contributed by atoms with Crippen molar-refractivity contribution in [3.63, 3.8) is 0 Å². The highest BCUT2D eigenvalue weighted by Gasteiger charge is 2.31. The van der Waals surface area contributed by atoms with E-state index in [9.17, 15) is 4.79 Å².